The second kappa shape index (κ2) is 3.04. The maximum absolute atomic E-state index is 12.3. The third-order valence-electron chi connectivity index (χ3n) is 1.64. The summed E-state index contributed by atoms with van der Waals surface area (Å²) in [5, 5.41) is -1.15. The summed E-state index contributed by atoms with van der Waals surface area (Å²) in [6.07, 6.45) is -0.662. The predicted octanol–water partition coefficient (Wildman–Crippen LogP) is -0.300. The number of methoxy groups -OCH3 is 1. The molecule has 0 saturated carbocycles. The number of hydrogen-bond donors (Lipinski definition) is 0. The highest BCUT2D eigenvalue weighted by Crippen LogP contribution is 2.18. The zero-order valence-corrected chi connectivity index (χ0v) is 6.80. The Hall–Kier alpha value is -0.200. The molecule has 0 aromatic rings. The van der Waals surface area contributed by atoms with Crippen LogP contribution in [-0.4, -0.2) is 40.1 Å². The van der Waals surface area contributed by atoms with Crippen molar-refractivity contribution in [2.45, 2.75) is 11.4 Å². The lowest BCUT2D eigenvalue weighted by molar-refractivity contribution is 0.0826. The van der Waals surface area contributed by atoms with Gasteiger partial charge in [-0.3, -0.25) is 0 Å². The maximum atomic E-state index is 12.3. The van der Waals surface area contributed by atoms with Gasteiger partial charge in [-0.25, -0.2) is 0 Å². The van der Waals surface area contributed by atoms with E-state index in [9.17, 15) is 12.3 Å². The standard InChI is InChI=1S/C5H9FO4S/c1-9-4-2-10-3-5(4)11(6,7)8/h4-5H,2-3H2,1H3/t4-,5+/m0/s1. The van der Waals surface area contributed by atoms with Crippen LogP contribution in [0.25, 0.3) is 0 Å². The van der Waals surface area contributed by atoms with Gasteiger partial charge in [-0.15, -0.1) is 3.89 Å². The average molecular weight is 184 g/mol. The molecule has 1 aliphatic rings. The smallest absolute Gasteiger partial charge is 0.310 e. The van der Waals surface area contributed by atoms with Crippen LogP contribution < -0.4 is 0 Å². The minimum Gasteiger partial charge on any atom is -0.377 e. The van der Waals surface area contributed by atoms with Crippen molar-refractivity contribution in [1.82, 2.24) is 0 Å². The first-order chi connectivity index (χ1) is 5.05. The highest BCUT2D eigenvalue weighted by molar-refractivity contribution is 7.87. The summed E-state index contributed by atoms with van der Waals surface area (Å²) in [6.45, 7) is 0.0294. The van der Waals surface area contributed by atoms with Crippen molar-refractivity contribution in [2.75, 3.05) is 20.3 Å². The second-order valence-corrected chi connectivity index (χ2v) is 3.88. The molecule has 0 N–H and O–H groups in total. The number of hydrogen-bond acceptors (Lipinski definition) is 4. The summed E-state index contributed by atoms with van der Waals surface area (Å²) < 4.78 is 42.5. The van der Waals surface area contributed by atoms with Crippen LogP contribution >= 0.6 is 0 Å². The molecule has 0 aliphatic carbocycles. The molecule has 1 aliphatic heterocycles. The lowest BCUT2D eigenvalue weighted by Gasteiger charge is -2.10. The Morgan fingerprint density at radius 2 is 2.18 bits per heavy atom. The molecule has 1 rings (SSSR count). The molecule has 0 bridgehead atoms. The van der Waals surface area contributed by atoms with Crippen molar-refractivity contribution in [3.63, 3.8) is 0 Å². The molecule has 11 heavy (non-hydrogen) atoms. The third-order valence-corrected chi connectivity index (χ3v) is 2.81. The summed E-state index contributed by atoms with van der Waals surface area (Å²) in [5.41, 5.74) is 0. The summed E-state index contributed by atoms with van der Waals surface area (Å²) in [4.78, 5) is 0. The maximum Gasteiger partial charge on any atom is 0.310 e. The van der Waals surface area contributed by atoms with E-state index in [1.807, 2.05) is 0 Å². The van der Waals surface area contributed by atoms with Crippen molar-refractivity contribution in [1.29, 1.82) is 0 Å². The number of ether oxygens (including phenoxy) is 2. The fourth-order valence-electron chi connectivity index (χ4n) is 0.997. The predicted molar refractivity (Wildman–Crippen MR) is 35.4 cm³/mol. The number of halogens is 1. The van der Waals surface area contributed by atoms with Gasteiger partial charge in [-0.2, -0.15) is 8.42 Å². The quantitative estimate of drug-likeness (QED) is 0.553. The first-order valence-corrected chi connectivity index (χ1v) is 4.54. The van der Waals surface area contributed by atoms with Crippen molar-refractivity contribution in [2.24, 2.45) is 0 Å². The molecule has 1 fully saturated rings. The monoisotopic (exact) mass is 184 g/mol. The Bertz CT molecular complexity index is 225. The lowest BCUT2D eigenvalue weighted by Crippen LogP contribution is -2.31. The highest BCUT2D eigenvalue weighted by Gasteiger charge is 2.38. The second-order valence-electron chi connectivity index (χ2n) is 2.33. The zero-order valence-electron chi connectivity index (χ0n) is 5.99. The van der Waals surface area contributed by atoms with Crippen molar-refractivity contribution >= 4 is 10.2 Å². The van der Waals surface area contributed by atoms with Gasteiger partial charge < -0.3 is 9.47 Å². The minimum absolute atomic E-state index is 0.114. The highest BCUT2D eigenvalue weighted by atomic mass is 32.3. The van der Waals surface area contributed by atoms with Crippen LogP contribution in [0.1, 0.15) is 0 Å². The topological polar surface area (TPSA) is 52.6 Å². The Kier molecular flexibility index (Phi) is 2.46. The molecule has 1 heterocycles. The molecular weight excluding hydrogens is 175 g/mol. The molecule has 0 aromatic heterocycles. The summed E-state index contributed by atoms with van der Waals surface area (Å²) in [6, 6.07) is 0. The van der Waals surface area contributed by atoms with Gasteiger partial charge in [0.2, 0.25) is 0 Å². The van der Waals surface area contributed by atoms with Gasteiger partial charge in [0, 0.05) is 7.11 Å². The fraction of sp³-hybridized carbons (Fsp3) is 1.00. The summed E-state index contributed by atoms with van der Waals surface area (Å²) in [7, 11) is -3.18. The van der Waals surface area contributed by atoms with Gasteiger partial charge in [0.15, 0.2) is 0 Å². The fourth-order valence-corrected chi connectivity index (χ4v) is 1.81. The van der Waals surface area contributed by atoms with E-state index in [0.29, 0.717) is 0 Å². The van der Waals surface area contributed by atoms with Crippen molar-refractivity contribution < 1.29 is 21.8 Å². The molecule has 0 unspecified atom stereocenters. The molecule has 0 spiro atoms. The largest absolute Gasteiger partial charge is 0.377 e. The Balaban J connectivity index is 2.72. The number of rotatable bonds is 2. The molecule has 0 aromatic carbocycles. The molecule has 6 heteroatoms. The SMILES string of the molecule is CO[C@H]1COC[C@H]1S(=O)(=O)F. The van der Waals surface area contributed by atoms with E-state index >= 15 is 0 Å². The Labute approximate surface area is 64.5 Å². The van der Waals surface area contributed by atoms with E-state index in [1.165, 1.54) is 7.11 Å². The molecule has 66 valence electrons. The van der Waals surface area contributed by atoms with E-state index in [2.05, 4.69) is 0 Å². The van der Waals surface area contributed by atoms with Crippen LogP contribution in [0.15, 0.2) is 0 Å². The molecule has 2 atom stereocenters. The molecular formula is C5H9FO4S. The van der Waals surface area contributed by atoms with Crippen LogP contribution in [0.4, 0.5) is 3.89 Å². The average Bonchev–Trinajstić information content (AvgIpc) is 2.31. The van der Waals surface area contributed by atoms with Crippen LogP contribution in [0.2, 0.25) is 0 Å². The van der Waals surface area contributed by atoms with Gasteiger partial charge in [-0.05, 0) is 0 Å². The first kappa shape index (κ1) is 8.89. The van der Waals surface area contributed by atoms with Gasteiger partial charge in [0.05, 0.1) is 13.2 Å². The minimum atomic E-state index is -4.51. The summed E-state index contributed by atoms with van der Waals surface area (Å²) >= 11 is 0. The van der Waals surface area contributed by atoms with Gasteiger partial charge in [-0.1, -0.05) is 0 Å². The third kappa shape index (κ3) is 1.88. The molecule has 0 amide bonds. The Morgan fingerprint density at radius 1 is 1.55 bits per heavy atom. The van der Waals surface area contributed by atoms with Crippen molar-refractivity contribution in [3.05, 3.63) is 0 Å². The van der Waals surface area contributed by atoms with Gasteiger partial charge >= 0.3 is 10.2 Å². The normalized spacial score (nSPS) is 32.5. The lowest BCUT2D eigenvalue weighted by atomic mass is 10.3. The van der Waals surface area contributed by atoms with E-state index in [0.717, 1.165) is 0 Å². The van der Waals surface area contributed by atoms with Gasteiger partial charge in [0.1, 0.15) is 11.4 Å². The van der Waals surface area contributed by atoms with Gasteiger partial charge in [0.25, 0.3) is 0 Å². The van der Waals surface area contributed by atoms with Crippen LogP contribution in [0.3, 0.4) is 0 Å². The van der Waals surface area contributed by atoms with E-state index in [1.54, 1.807) is 0 Å². The van der Waals surface area contributed by atoms with Crippen LogP contribution in [0.5, 0.6) is 0 Å². The van der Waals surface area contributed by atoms with Crippen LogP contribution in [0, 0.1) is 0 Å². The van der Waals surface area contributed by atoms with E-state index in [-0.39, 0.29) is 13.2 Å². The molecule has 1 saturated heterocycles. The first-order valence-electron chi connectivity index (χ1n) is 3.09. The zero-order chi connectivity index (χ0) is 8.48. The van der Waals surface area contributed by atoms with E-state index < -0.39 is 21.6 Å². The van der Waals surface area contributed by atoms with E-state index in [4.69, 9.17) is 9.47 Å². The molecule has 0 radical (unpaired) electrons. The summed E-state index contributed by atoms with van der Waals surface area (Å²) in [5.74, 6) is 0. The van der Waals surface area contributed by atoms with Crippen LogP contribution in [-0.2, 0) is 19.7 Å². The van der Waals surface area contributed by atoms with Crippen molar-refractivity contribution in [3.8, 4) is 0 Å². The molecule has 4 nitrogen and oxygen atoms in total. The Morgan fingerprint density at radius 3 is 2.55 bits per heavy atom.